The number of aryl methyl sites for hydroxylation is 2. The molecule has 0 saturated carbocycles. The molecule has 9 heteroatoms. The Bertz CT molecular complexity index is 811. The van der Waals surface area contributed by atoms with E-state index in [9.17, 15) is 23.5 Å². The number of nitrogens with one attached hydrogen (secondary N) is 1. The topological polar surface area (TPSA) is 95.0 Å². The standard InChI is InChI=1S/C16H17F3N4O2/c1-9-4-5-13(25-9)15(24,16(17,18)19)6-7-21-14-12(8-20)10(2)11(3)22-23-14/h4-5,24H,6-7H2,1-3H3,(H,21,23). The molecule has 1 atom stereocenters. The van der Waals surface area contributed by atoms with Crippen molar-refractivity contribution < 1.29 is 22.7 Å². The van der Waals surface area contributed by atoms with Gasteiger partial charge in [-0.05, 0) is 38.5 Å². The molecule has 0 bridgehead atoms. The molecule has 2 aromatic rings. The number of anilines is 1. The van der Waals surface area contributed by atoms with Crippen LogP contribution >= 0.6 is 0 Å². The first-order chi connectivity index (χ1) is 11.6. The van der Waals surface area contributed by atoms with Crippen LogP contribution in [0.2, 0.25) is 0 Å². The van der Waals surface area contributed by atoms with Gasteiger partial charge in [0.2, 0.25) is 5.60 Å². The SMILES string of the molecule is Cc1ccc(C(O)(CCNc2nnc(C)c(C)c2C#N)C(F)(F)F)o1. The van der Waals surface area contributed by atoms with Crippen molar-refractivity contribution in [3.05, 3.63) is 40.5 Å². The summed E-state index contributed by atoms with van der Waals surface area (Å²) in [6.07, 6.45) is -5.64. The third-order valence-corrected chi connectivity index (χ3v) is 3.96. The molecular weight excluding hydrogens is 337 g/mol. The highest BCUT2D eigenvalue weighted by molar-refractivity contribution is 5.55. The van der Waals surface area contributed by atoms with Gasteiger partial charge >= 0.3 is 6.18 Å². The lowest BCUT2D eigenvalue weighted by Crippen LogP contribution is -2.43. The summed E-state index contributed by atoms with van der Waals surface area (Å²) >= 11 is 0. The average molecular weight is 354 g/mol. The number of hydrogen-bond acceptors (Lipinski definition) is 6. The molecular formula is C16H17F3N4O2. The molecule has 0 spiro atoms. The summed E-state index contributed by atoms with van der Waals surface area (Å²) < 4.78 is 45.1. The summed E-state index contributed by atoms with van der Waals surface area (Å²) in [5.41, 5.74) is -1.79. The van der Waals surface area contributed by atoms with Gasteiger partial charge in [-0.3, -0.25) is 0 Å². The number of aromatic nitrogens is 2. The number of aliphatic hydroxyl groups is 1. The Kier molecular flexibility index (Phi) is 5.04. The van der Waals surface area contributed by atoms with Gasteiger partial charge in [0.25, 0.3) is 0 Å². The van der Waals surface area contributed by atoms with Crippen molar-refractivity contribution in [2.24, 2.45) is 0 Å². The van der Waals surface area contributed by atoms with E-state index in [1.165, 1.54) is 13.0 Å². The largest absolute Gasteiger partial charge is 0.463 e. The molecule has 2 rings (SSSR count). The molecule has 2 aromatic heterocycles. The van der Waals surface area contributed by atoms with Crippen LogP contribution in [0.15, 0.2) is 16.5 Å². The van der Waals surface area contributed by atoms with Crippen molar-refractivity contribution >= 4 is 5.82 Å². The van der Waals surface area contributed by atoms with Crippen LogP contribution in [-0.2, 0) is 5.60 Å². The van der Waals surface area contributed by atoms with E-state index < -0.39 is 24.0 Å². The number of alkyl halides is 3. The zero-order chi connectivity index (χ0) is 18.8. The monoisotopic (exact) mass is 354 g/mol. The number of rotatable bonds is 5. The number of halogens is 3. The molecule has 0 aliphatic carbocycles. The van der Waals surface area contributed by atoms with E-state index in [4.69, 9.17) is 4.42 Å². The lowest BCUT2D eigenvalue weighted by Gasteiger charge is -2.28. The van der Waals surface area contributed by atoms with Crippen LogP contribution < -0.4 is 5.32 Å². The lowest BCUT2D eigenvalue weighted by atomic mass is 9.95. The van der Waals surface area contributed by atoms with Gasteiger partial charge in [-0.2, -0.15) is 23.5 Å². The number of nitrogens with zero attached hydrogens (tertiary/aromatic N) is 3. The van der Waals surface area contributed by atoms with Gasteiger partial charge in [-0.1, -0.05) is 0 Å². The molecule has 2 heterocycles. The van der Waals surface area contributed by atoms with Gasteiger partial charge < -0.3 is 14.8 Å². The maximum absolute atomic E-state index is 13.4. The minimum atomic E-state index is -4.92. The van der Waals surface area contributed by atoms with Gasteiger partial charge in [0, 0.05) is 13.0 Å². The van der Waals surface area contributed by atoms with Gasteiger partial charge in [-0.15, -0.1) is 5.10 Å². The van der Waals surface area contributed by atoms with E-state index in [2.05, 4.69) is 15.5 Å². The molecule has 2 N–H and O–H groups in total. The second-order valence-electron chi connectivity index (χ2n) is 5.69. The second kappa shape index (κ2) is 6.72. The molecule has 0 aliphatic heterocycles. The molecule has 25 heavy (non-hydrogen) atoms. The zero-order valence-corrected chi connectivity index (χ0v) is 13.9. The van der Waals surface area contributed by atoms with Gasteiger partial charge in [0.15, 0.2) is 5.82 Å². The summed E-state index contributed by atoms with van der Waals surface area (Å²) in [7, 11) is 0. The summed E-state index contributed by atoms with van der Waals surface area (Å²) in [5, 5.41) is 29.6. The van der Waals surface area contributed by atoms with E-state index >= 15 is 0 Å². The first-order valence-electron chi connectivity index (χ1n) is 7.44. The fraction of sp³-hybridized carbons (Fsp3) is 0.438. The number of furan rings is 1. The van der Waals surface area contributed by atoms with E-state index in [1.54, 1.807) is 13.8 Å². The van der Waals surface area contributed by atoms with Crippen LogP contribution in [0, 0.1) is 32.1 Å². The van der Waals surface area contributed by atoms with Crippen molar-refractivity contribution in [1.29, 1.82) is 5.26 Å². The minimum absolute atomic E-state index is 0.0748. The van der Waals surface area contributed by atoms with Crippen LogP contribution in [0.5, 0.6) is 0 Å². The predicted molar refractivity (Wildman–Crippen MR) is 82.7 cm³/mol. The van der Waals surface area contributed by atoms with Gasteiger partial charge in [0.1, 0.15) is 23.2 Å². The van der Waals surface area contributed by atoms with Crippen LogP contribution in [0.3, 0.4) is 0 Å². The highest BCUT2D eigenvalue weighted by atomic mass is 19.4. The molecule has 1 unspecified atom stereocenters. The Hall–Kier alpha value is -2.60. The van der Waals surface area contributed by atoms with Crippen LogP contribution in [0.25, 0.3) is 0 Å². The smallest absolute Gasteiger partial charge is 0.424 e. The highest BCUT2D eigenvalue weighted by Crippen LogP contribution is 2.42. The van der Waals surface area contributed by atoms with E-state index in [0.717, 1.165) is 6.07 Å². The molecule has 0 fully saturated rings. The molecule has 0 aliphatic rings. The third-order valence-electron chi connectivity index (χ3n) is 3.96. The summed E-state index contributed by atoms with van der Waals surface area (Å²) in [6, 6.07) is 4.40. The normalized spacial score (nSPS) is 14.0. The zero-order valence-electron chi connectivity index (χ0n) is 13.9. The minimum Gasteiger partial charge on any atom is -0.463 e. The number of nitriles is 1. The summed E-state index contributed by atoms with van der Waals surface area (Å²) in [5.74, 6) is -0.242. The molecule has 0 saturated heterocycles. The molecule has 0 radical (unpaired) electrons. The highest BCUT2D eigenvalue weighted by Gasteiger charge is 2.56. The van der Waals surface area contributed by atoms with Crippen molar-refractivity contribution in [3.63, 3.8) is 0 Å². The Morgan fingerprint density at radius 2 is 1.92 bits per heavy atom. The summed E-state index contributed by atoms with van der Waals surface area (Å²) in [4.78, 5) is 0. The van der Waals surface area contributed by atoms with Gasteiger partial charge in [-0.25, -0.2) is 0 Å². The Morgan fingerprint density at radius 3 is 2.44 bits per heavy atom. The van der Waals surface area contributed by atoms with Crippen molar-refractivity contribution in [3.8, 4) is 6.07 Å². The van der Waals surface area contributed by atoms with Crippen molar-refractivity contribution in [2.45, 2.75) is 39.0 Å². The first-order valence-corrected chi connectivity index (χ1v) is 7.44. The van der Waals surface area contributed by atoms with Crippen LogP contribution in [0.1, 0.15) is 34.8 Å². The number of hydrogen-bond donors (Lipinski definition) is 2. The van der Waals surface area contributed by atoms with E-state index in [1.807, 2.05) is 6.07 Å². The maximum Gasteiger partial charge on any atom is 0.424 e. The van der Waals surface area contributed by atoms with Crippen molar-refractivity contribution in [2.75, 3.05) is 11.9 Å². The second-order valence-corrected chi connectivity index (χ2v) is 5.69. The predicted octanol–water partition coefficient (Wildman–Crippen LogP) is 3.12. The van der Waals surface area contributed by atoms with Gasteiger partial charge in [0.05, 0.1) is 5.69 Å². The molecule has 6 nitrogen and oxygen atoms in total. The quantitative estimate of drug-likeness (QED) is 0.857. The average Bonchev–Trinajstić information content (AvgIpc) is 2.96. The fourth-order valence-electron chi connectivity index (χ4n) is 2.29. The fourth-order valence-corrected chi connectivity index (χ4v) is 2.29. The maximum atomic E-state index is 13.4. The van der Waals surface area contributed by atoms with E-state index in [0.29, 0.717) is 11.3 Å². The molecule has 0 aromatic carbocycles. The molecule has 134 valence electrons. The lowest BCUT2D eigenvalue weighted by molar-refractivity contribution is -0.274. The Morgan fingerprint density at radius 1 is 1.24 bits per heavy atom. The van der Waals surface area contributed by atoms with Crippen LogP contribution in [0.4, 0.5) is 19.0 Å². The Balaban J connectivity index is 2.21. The molecule has 0 amide bonds. The first kappa shape index (κ1) is 18.7. The Labute approximate surface area is 142 Å². The summed E-state index contributed by atoms with van der Waals surface area (Å²) in [6.45, 7) is 4.55. The van der Waals surface area contributed by atoms with E-state index in [-0.39, 0.29) is 23.7 Å². The van der Waals surface area contributed by atoms with Crippen molar-refractivity contribution in [1.82, 2.24) is 10.2 Å². The van der Waals surface area contributed by atoms with Crippen LogP contribution in [-0.4, -0.2) is 28.0 Å². The third kappa shape index (κ3) is 3.58.